The van der Waals surface area contributed by atoms with Gasteiger partial charge in [0.25, 0.3) is 5.69 Å². The Morgan fingerprint density at radius 3 is 2.68 bits per heavy atom. The summed E-state index contributed by atoms with van der Waals surface area (Å²) in [7, 11) is 0. The largest absolute Gasteiger partial charge is 0.478 e. The zero-order chi connectivity index (χ0) is 14.0. The smallest absolute Gasteiger partial charge is 0.338 e. The van der Waals surface area contributed by atoms with E-state index < -0.39 is 10.9 Å². The zero-order valence-corrected chi connectivity index (χ0v) is 10.8. The van der Waals surface area contributed by atoms with E-state index in [0.717, 1.165) is 25.0 Å². The fraction of sp³-hybridized carbons (Fsp3) is 0.417. The molecule has 1 aliphatic rings. The van der Waals surface area contributed by atoms with Crippen LogP contribution in [0.1, 0.15) is 29.6 Å². The van der Waals surface area contributed by atoms with E-state index in [9.17, 15) is 14.9 Å². The van der Waals surface area contributed by atoms with Crippen molar-refractivity contribution in [3.8, 4) is 0 Å². The SMILES string of the molecule is O=C(O)c1cc([N+](=O)[O-])cc(Cl)c1NCC1CCC1. The van der Waals surface area contributed by atoms with Gasteiger partial charge in [-0.25, -0.2) is 4.79 Å². The number of nitro groups is 1. The number of non-ortho nitro benzene ring substituents is 1. The first kappa shape index (κ1) is 13.6. The van der Waals surface area contributed by atoms with Gasteiger partial charge in [-0.2, -0.15) is 0 Å². The van der Waals surface area contributed by atoms with E-state index in [1.165, 1.54) is 6.42 Å². The highest BCUT2D eigenvalue weighted by Gasteiger charge is 2.22. The van der Waals surface area contributed by atoms with Crippen LogP contribution in [0.4, 0.5) is 11.4 Å². The highest BCUT2D eigenvalue weighted by molar-refractivity contribution is 6.34. The Bertz CT molecular complexity index is 529. The minimum atomic E-state index is -1.23. The van der Waals surface area contributed by atoms with Gasteiger partial charge in [-0.3, -0.25) is 10.1 Å². The quantitative estimate of drug-likeness (QED) is 0.640. The molecule has 0 bridgehead atoms. The molecule has 1 saturated carbocycles. The first-order valence-electron chi connectivity index (χ1n) is 5.94. The molecule has 0 spiro atoms. The van der Waals surface area contributed by atoms with Gasteiger partial charge >= 0.3 is 5.97 Å². The van der Waals surface area contributed by atoms with Crippen LogP contribution in [0.5, 0.6) is 0 Å². The Kier molecular flexibility index (Phi) is 3.90. The van der Waals surface area contributed by atoms with Gasteiger partial charge in [-0.05, 0) is 18.8 Å². The van der Waals surface area contributed by atoms with Crippen LogP contribution in [-0.2, 0) is 0 Å². The van der Waals surface area contributed by atoms with Crippen molar-refractivity contribution in [2.75, 3.05) is 11.9 Å². The number of carboxylic acids is 1. The van der Waals surface area contributed by atoms with Gasteiger partial charge in [0.2, 0.25) is 0 Å². The number of benzene rings is 1. The van der Waals surface area contributed by atoms with E-state index in [4.69, 9.17) is 16.7 Å². The van der Waals surface area contributed by atoms with E-state index in [0.29, 0.717) is 12.5 Å². The number of nitrogens with one attached hydrogen (secondary N) is 1. The Balaban J connectivity index is 2.28. The summed E-state index contributed by atoms with van der Waals surface area (Å²) < 4.78 is 0. The molecule has 0 atom stereocenters. The van der Waals surface area contributed by atoms with E-state index in [1.807, 2.05) is 0 Å². The predicted octanol–water partition coefficient (Wildman–Crippen LogP) is 3.16. The number of hydrogen-bond acceptors (Lipinski definition) is 4. The van der Waals surface area contributed by atoms with Crippen molar-refractivity contribution in [1.82, 2.24) is 0 Å². The molecule has 0 radical (unpaired) electrons. The second-order valence-electron chi connectivity index (χ2n) is 4.59. The van der Waals surface area contributed by atoms with E-state index >= 15 is 0 Å². The lowest BCUT2D eigenvalue weighted by molar-refractivity contribution is -0.384. The summed E-state index contributed by atoms with van der Waals surface area (Å²) in [5, 5.41) is 22.9. The highest BCUT2D eigenvalue weighted by atomic mass is 35.5. The summed E-state index contributed by atoms with van der Waals surface area (Å²) in [6.07, 6.45) is 3.41. The first-order valence-corrected chi connectivity index (χ1v) is 6.32. The van der Waals surface area contributed by atoms with Crippen molar-refractivity contribution in [3.05, 3.63) is 32.8 Å². The molecule has 6 nitrogen and oxygen atoms in total. The summed E-state index contributed by atoms with van der Waals surface area (Å²) >= 11 is 5.94. The van der Waals surface area contributed by atoms with Gasteiger partial charge in [-0.15, -0.1) is 0 Å². The van der Waals surface area contributed by atoms with Gasteiger partial charge < -0.3 is 10.4 Å². The van der Waals surface area contributed by atoms with Gasteiger partial charge in [0.15, 0.2) is 0 Å². The Morgan fingerprint density at radius 1 is 1.53 bits per heavy atom. The Labute approximate surface area is 114 Å². The van der Waals surface area contributed by atoms with Gasteiger partial charge in [0.05, 0.1) is 21.2 Å². The average Bonchev–Trinajstić information content (AvgIpc) is 2.27. The second-order valence-corrected chi connectivity index (χ2v) is 5.00. The molecule has 0 heterocycles. The van der Waals surface area contributed by atoms with Crippen LogP contribution in [0.15, 0.2) is 12.1 Å². The van der Waals surface area contributed by atoms with Crippen LogP contribution in [0.25, 0.3) is 0 Å². The third-order valence-corrected chi connectivity index (χ3v) is 3.61. The number of anilines is 1. The van der Waals surface area contributed by atoms with Crippen LogP contribution in [0, 0.1) is 16.0 Å². The predicted molar refractivity (Wildman–Crippen MR) is 70.9 cm³/mol. The van der Waals surface area contributed by atoms with Gasteiger partial charge in [0.1, 0.15) is 0 Å². The van der Waals surface area contributed by atoms with Crippen LogP contribution in [0.2, 0.25) is 5.02 Å². The maximum absolute atomic E-state index is 11.2. The number of carboxylic acid groups (broad SMARTS) is 1. The lowest BCUT2D eigenvalue weighted by Gasteiger charge is -2.26. The van der Waals surface area contributed by atoms with Gasteiger partial charge in [0, 0.05) is 18.7 Å². The second kappa shape index (κ2) is 5.44. The van der Waals surface area contributed by atoms with Crippen molar-refractivity contribution in [2.24, 2.45) is 5.92 Å². The lowest BCUT2D eigenvalue weighted by atomic mass is 9.85. The maximum atomic E-state index is 11.2. The number of nitro benzene ring substituents is 1. The highest BCUT2D eigenvalue weighted by Crippen LogP contribution is 2.33. The number of aromatic carboxylic acids is 1. The molecule has 7 heteroatoms. The monoisotopic (exact) mass is 284 g/mol. The van der Waals surface area contributed by atoms with E-state index in [2.05, 4.69) is 5.32 Å². The molecule has 1 aromatic rings. The summed E-state index contributed by atoms with van der Waals surface area (Å²) in [5.74, 6) is -0.713. The molecule has 0 aliphatic heterocycles. The normalized spacial score (nSPS) is 14.8. The average molecular weight is 285 g/mol. The minimum absolute atomic E-state index is 0.0610. The molecule has 1 fully saturated rings. The molecule has 1 aromatic carbocycles. The molecular formula is C12H13ClN2O4. The van der Waals surface area contributed by atoms with Crippen LogP contribution in [-0.4, -0.2) is 22.5 Å². The molecule has 1 aliphatic carbocycles. The van der Waals surface area contributed by atoms with Crippen molar-refractivity contribution in [1.29, 1.82) is 0 Å². The summed E-state index contributed by atoms with van der Waals surface area (Å²) in [4.78, 5) is 21.2. The molecule has 0 unspecified atom stereocenters. The van der Waals surface area contributed by atoms with Crippen LogP contribution in [0.3, 0.4) is 0 Å². The molecule has 2 rings (SSSR count). The summed E-state index contributed by atoms with van der Waals surface area (Å²) in [6.45, 7) is 0.637. The standard InChI is InChI=1S/C12H13ClN2O4/c13-10-5-8(15(18)19)4-9(12(16)17)11(10)14-6-7-2-1-3-7/h4-5,7,14H,1-3,6H2,(H,16,17). The van der Waals surface area contributed by atoms with Crippen molar-refractivity contribution in [2.45, 2.75) is 19.3 Å². The van der Waals surface area contributed by atoms with Crippen molar-refractivity contribution < 1.29 is 14.8 Å². The fourth-order valence-electron chi connectivity index (χ4n) is 1.99. The molecule has 102 valence electrons. The van der Waals surface area contributed by atoms with Crippen molar-refractivity contribution in [3.63, 3.8) is 0 Å². The number of carbonyl (C=O) groups is 1. The third kappa shape index (κ3) is 2.96. The van der Waals surface area contributed by atoms with Crippen LogP contribution >= 0.6 is 11.6 Å². The molecule has 2 N–H and O–H groups in total. The lowest BCUT2D eigenvalue weighted by Crippen LogP contribution is -2.22. The third-order valence-electron chi connectivity index (χ3n) is 3.31. The summed E-state index contributed by atoms with van der Waals surface area (Å²) in [5.41, 5.74) is -0.234. The summed E-state index contributed by atoms with van der Waals surface area (Å²) in [6, 6.07) is 2.19. The number of hydrogen-bond donors (Lipinski definition) is 2. The molecule has 19 heavy (non-hydrogen) atoms. The number of rotatable bonds is 5. The van der Waals surface area contributed by atoms with E-state index in [1.54, 1.807) is 0 Å². The number of nitrogens with zero attached hydrogens (tertiary/aromatic N) is 1. The maximum Gasteiger partial charge on any atom is 0.338 e. The Hall–Kier alpha value is -1.82. The first-order chi connectivity index (χ1) is 8.99. The topological polar surface area (TPSA) is 92.5 Å². The minimum Gasteiger partial charge on any atom is -0.478 e. The molecule has 0 amide bonds. The van der Waals surface area contributed by atoms with Crippen LogP contribution < -0.4 is 5.32 Å². The molecule has 0 saturated heterocycles. The van der Waals surface area contributed by atoms with Crippen molar-refractivity contribution >= 4 is 28.9 Å². The zero-order valence-electron chi connectivity index (χ0n) is 10.1. The Morgan fingerprint density at radius 2 is 2.21 bits per heavy atom. The van der Waals surface area contributed by atoms with Gasteiger partial charge in [-0.1, -0.05) is 18.0 Å². The fourth-order valence-corrected chi connectivity index (χ4v) is 2.27. The molecule has 0 aromatic heterocycles. The molecular weight excluding hydrogens is 272 g/mol. The number of halogens is 1. The van der Waals surface area contributed by atoms with E-state index in [-0.39, 0.29) is 22.0 Å².